The van der Waals surface area contributed by atoms with Crippen molar-refractivity contribution in [3.63, 3.8) is 0 Å². The Kier molecular flexibility index (Phi) is 4.80. The summed E-state index contributed by atoms with van der Waals surface area (Å²) in [5.41, 5.74) is 0.652. The molecule has 1 aliphatic heterocycles. The number of piperazine rings is 1. The molecule has 8 heteroatoms. The van der Waals surface area contributed by atoms with Crippen molar-refractivity contribution in [3.8, 4) is 0 Å². The second-order valence-corrected chi connectivity index (χ2v) is 6.72. The van der Waals surface area contributed by atoms with Gasteiger partial charge in [-0.3, -0.25) is 19.7 Å². The molecule has 0 atom stereocenters. The molecule has 2 heterocycles. The molecule has 1 fully saturated rings. The van der Waals surface area contributed by atoms with Gasteiger partial charge in [0.1, 0.15) is 0 Å². The minimum Gasteiger partial charge on any atom is -0.335 e. The van der Waals surface area contributed by atoms with Crippen LogP contribution in [-0.2, 0) is 0 Å². The average Bonchev–Trinajstić information content (AvgIpc) is 3.15. The van der Waals surface area contributed by atoms with Gasteiger partial charge in [0.25, 0.3) is 17.5 Å². The molecule has 0 spiro atoms. The van der Waals surface area contributed by atoms with Crippen molar-refractivity contribution in [2.75, 3.05) is 26.2 Å². The third-order valence-electron chi connectivity index (χ3n) is 4.32. The van der Waals surface area contributed by atoms with E-state index in [0.29, 0.717) is 42.2 Å². The normalized spacial score (nSPS) is 14.4. The van der Waals surface area contributed by atoms with Gasteiger partial charge >= 0.3 is 0 Å². The lowest BCUT2D eigenvalue weighted by atomic mass is 10.1. The monoisotopic (exact) mass is 359 g/mol. The molecule has 2 aromatic rings. The maximum atomic E-state index is 12.7. The summed E-state index contributed by atoms with van der Waals surface area (Å²) in [5, 5.41) is 12.9. The lowest BCUT2D eigenvalue weighted by Gasteiger charge is -2.34. The number of amides is 2. The Labute approximate surface area is 148 Å². The molecule has 1 saturated heterocycles. The second kappa shape index (κ2) is 7.02. The van der Waals surface area contributed by atoms with Gasteiger partial charge in [0, 0.05) is 43.4 Å². The Balaban J connectivity index is 1.69. The van der Waals surface area contributed by atoms with Crippen LogP contribution in [-0.4, -0.2) is 52.7 Å². The first-order chi connectivity index (χ1) is 12.0. The van der Waals surface area contributed by atoms with Gasteiger partial charge in [0.2, 0.25) is 0 Å². The predicted octanol–water partition coefficient (Wildman–Crippen LogP) is 2.56. The fourth-order valence-electron chi connectivity index (χ4n) is 2.89. The zero-order chi connectivity index (χ0) is 18.0. The van der Waals surface area contributed by atoms with Crippen LogP contribution >= 0.6 is 11.3 Å². The lowest BCUT2D eigenvalue weighted by molar-refractivity contribution is -0.385. The van der Waals surface area contributed by atoms with Gasteiger partial charge in [0.15, 0.2) is 0 Å². The molecule has 1 aromatic heterocycles. The highest BCUT2D eigenvalue weighted by atomic mass is 32.1. The average molecular weight is 359 g/mol. The van der Waals surface area contributed by atoms with Gasteiger partial charge in [-0.15, -0.1) is 11.3 Å². The molecular formula is C17H17N3O4S. The minimum absolute atomic E-state index is 0.0198. The number of nitro benzene ring substituents is 1. The number of nitro groups is 1. The molecule has 25 heavy (non-hydrogen) atoms. The summed E-state index contributed by atoms with van der Waals surface area (Å²) in [6.07, 6.45) is 0. The molecule has 0 unspecified atom stereocenters. The first-order valence-electron chi connectivity index (χ1n) is 7.85. The maximum Gasteiger partial charge on any atom is 0.273 e. The molecule has 0 saturated carbocycles. The number of nitrogens with zero attached hydrogens (tertiary/aromatic N) is 3. The van der Waals surface area contributed by atoms with E-state index in [1.807, 2.05) is 11.4 Å². The minimum atomic E-state index is -0.482. The zero-order valence-electron chi connectivity index (χ0n) is 13.7. The molecule has 130 valence electrons. The van der Waals surface area contributed by atoms with E-state index in [-0.39, 0.29) is 17.5 Å². The Morgan fingerprint density at radius 2 is 1.68 bits per heavy atom. The summed E-state index contributed by atoms with van der Waals surface area (Å²) in [6, 6.07) is 8.15. The fraction of sp³-hybridized carbons (Fsp3) is 0.294. The van der Waals surface area contributed by atoms with E-state index in [9.17, 15) is 19.7 Å². The second-order valence-electron chi connectivity index (χ2n) is 5.77. The molecule has 1 aromatic carbocycles. The Hall–Kier alpha value is -2.74. The van der Waals surface area contributed by atoms with E-state index < -0.39 is 4.92 Å². The van der Waals surface area contributed by atoms with Crippen LogP contribution in [0.1, 0.15) is 25.6 Å². The van der Waals surface area contributed by atoms with Crippen molar-refractivity contribution in [1.29, 1.82) is 0 Å². The summed E-state index contributed by atoms with van der Waals surface area (Å²) < 4.78 is 0. The van der Waals surface area contributed by atoms with Crippen molar-refractivity contribution in [3.05, 3.63) is 61.8 Å². The number of carbonyl (C=O) groups excluding carboxylic acids is 2. The quantitative estimate of drug-likeness (QED) is 0.623. The first kappa shape index (κ1) is 17.1. The van der Waals surface area contributed by atoms with Crippen LogP contribution in [0, 0.1) is 17.0 Å². The van der Waals surface area contributed by atoms with Gasteiger partial charge in [0.05, 0.1) is 9.80 Å². The largest absolute Gasteiger partial charge is 0.335 e. The van der Waals surface area contributed by atoms with Gasteiger partial charge in [-0.1, -0.05) is 12.1 Å². The number of carbonyl (C=O) groups is 2. The molecule has 3 rings (SSSR count). The van der Waals surface area contributed by atoms with E-state index in [1.165, 1.54) is 23.5 Å². The Bertz CT molecular complexity index is 811. The van der Waals surface area contributed by atoms with Crippen LogP contribution in [0.5, 0.6) is 0 Å². The van der Waals surface area contributed by atoms with Crippen molar-refractivity contribution in [1.82, 2.24) is 9.80 Å². The van der Waals surface area contributed by atoms with Crippen LogP contribution in [0.2, 0.25) is 0 Å². The summed E-state index contributed by atoms with van der Waals surface area (Å²) >= 11 is 1.40. The van der Waals surface area contributed by atoms with E-state index in [4.69, 9.17) is 0 Å². The third-order valence-corrected chi connectivity index (χ3v) is 5.18. The number of hydrogen-bond donors (Lipinski definition) is 0. The Morgan fingerprint density at radius 3 is 2.24 bits per heavy atom. The van der Waals surface area contributed by atoms with E-state index in [2.05, 4.69) is 0 Å². The molecular weight excluding hydrogens is 342 g/mol. The summed E-state index contributed by atoms with van der Waals surface area (Å²) in [7, 11) is 0. The topological polar surface area (TPSA) is 83.8 Å². The highest BCUT2D eigenvalue weighted by molar-refractivity contribution is 7.12. The predicted molar refractivity (Wildman–Crippen MR) is 94.0 cm³/mol. The third kappa shape index (κ3) is 3.39. The number of thiophene rings is 1. The maximum absolute atomic E-state index is 12.7. The van der Waals surface area contributed by atoms with E-state index in [0.717, 1.165) is 0 Å². The van der Waals surface area contributed by atoms with Crippen LogP contribution in [0.3, 0.4) is 0 Å². The van der Waals surface area contributed by atoms with Gasteiger partial charge in [-0.05, 0) is 24.4 Å². The number of hydrogen-bond acceptors (Lipinski definition) is 5. The van der Waals surface area contributed by atoms with Crippen molar-refractivity contribution >= 4 is 28.8 Å². The highest BCUT2D eigenvalue weighted by Gasteiger charge is 2.28. The number of rotatable bonds is 3. The smallest absolute Gasteiger partial charge is 0.273 e. The molecule has 0 N–H and O–H groups in total. The van der Waals surface area contributed by atoms with Crippen molar-refractivity contribution < 1.29 is 14.5 Å². The number of benzene rings is 1. The van der Waals surface area contributed by atoms with Gasteiger partial charge in [-0.25, -0.2) is 0 Å². The van der Waals surface area contributed by atoms with Crippen molar-refractivity contribution in [2.45, 2.75) is 6.92 Å². The molecule has 0 aliphatic carbocycles. The van der Waals surface area contributed by atoms with Gasteiger partial charge < -0.3 is 9.80 Å². The highest BCUT2D eigenvalue weighted by Crippen LogP contribution is 2.23. The molecule has 0 bridgehead atoms. The fourth-order valence-corrected chi connectivity index (χ4v) is 3.58. The standard InChI is InChI=1S/C17H17N3O4S/c1-12-13(4-2-5-14(12)20(23)24)16(21)18-7-9-19(10-8-18)17(22)15-6-3-11-25-15/h2-6,11H,7-10H2,1H3. The van der Waals surface area contributed by atoms with E-state index >= 15 is 0 Å². The molecule has 0 radical (unpaired) electrons. The summed E-state index contributed by atoms with van der Waals surface area (Å²) in [4.78, 5) is 39.7. The molecule has 7 nitrogen and oxygen atoms in total. The van der Waals surface area contributed by atoms with Crippen LogP contribution < -0.4 is 0 Å². The van der Waals surface area contributed by atoms with Gasteiger partial charge in [-0.2, -0.15) is 0 Å². The van der Waals surface area contributed by atoms with Crippen LogP contribution in [0.25, 0.3) is 0 Å². The summed E-state index contributed by atoms with van der Waals surface area (Å²) in [6.45, 7) is 3.32. The van der Waals surface area contributed by atoms with E-state index in [1.54, 1.807) is 28.9 Å². The molecule has 1 aliphatic rings. The van der Waals surface area contributed by atoms with Crippen molar-refractivity contribution in [2.24, 2.45) is 0 Å². The zero-order valence-corrected chi connectivity index (χ0v) is 14.5. The van der Waals surface area contributed by atoms with Crippen LogP contribution in [0.4, 0.5) is 5.69 Å². The summed E-state index contributed by atoms with van der Waals surface area (Å²) in [5.74, 6) is -0.252. The molecule has 2 amide bonds. The lowest BCUT2D eigenvalue weighted by Crippen LogP contribution is -2.50. The van der Waals surface area contributed by atoms with Crippen LogP contribution in [0.15, 0.2) is 35.7 Å². The SMILES string of the molecule is Cc1c(C(=O)N2CCN(C(=O)c3cccs3)CC2)cccc1[N+](=O)[O-]. The first-order valence-corrected chi connectivity index (χ1v) is 8.73. The Morgan fingerprint density at radius 1 is 1.04 bits per heavy atom.